The molecule has 0 aliphatic heterocycles. The van der Waals surface area contributed by atoms with Gasteiger partial charge in [0.25, 0.3) is 0 Å². The van der Waals surface area contributed by atoms with Crippen LogP contribution in [0.4, 0.5) is 0 Å². The maximum atomic E-state index is 10.6. The van der Waals surface area contributed by atoms with E-state index in [4.69, 9.17) is 0 Å². The SMILES string of the molecule is Cc1cnc(CC[C@H]2CC[C@H]3[C@@H]4CC[C@@H]5C[C@](C)(O)CC[C@@H]5[C@H]4CC[C@]23C)cn1. The van der Waals surface area contributed by atoms with Gasteiger partial charge in [0.1, 0.15) is 0 Å². The lowest BCUT2D eigenvalue weighted by Gasteiger charge is -2.57. The summed E-state index contributed by atoms with van der Waals surface area (Å²) in [5, 5.41) is 10.6. The van der Waals surface area contributed by atoms with Crippen molar-refractivity contribution in [2.24, 2.45) is 40.9 Å². The fourth-order valence-electron chi connectivity index (χ4n) is 8.54. The third kappa shape index (κ3) is 3.56. The summed E-state index contributed by atoms with van der Waals surface area (Å²) in [5.41, 5.74) is 2.34. The molecule has 0 amide bonds. The van der Waals surface area contributed by atoms with Crippen LogP contribution in [0, 0.1) is 47.8 Å². The summed E-state index contributed by atoms with van der Waals surface area (Å²) in [5.74, 6) is 5.41. The molecule has 4 aliphatic rings. The first-order valence-electron chi connectivity index (χ1n) is 12.4. The summed E-state index contributed by atoms with van der Waals surface area (Å²) in [6.45, 7) is 6.73. The first kappa shape index (κ1) is 20.0. The molecule has 0 aromatic carbocycles. The quantitative estimate of drug-likeness (QED) is 0.709. The van der Waals surface area contributed by atoms with Crippen molar-refractivity contribution >= 4 is 0 Å². The molecule has 0 saturated heterocycles. The van der Waals surface area contributed by atoms with Gasteiger partial charge in [-0.3, -0.25) is 9.97 Å². The number of aryl methyl sites for hydroxylation is 2. The van der Waals surface area contributed by atoms with Gasteiger partial charge in [-0.05, 0) is 125 Å². The van der Waals surface area contributed by atoms with E-state index >= 15 is 0 Å². The molecule has 3 nitrogen and oxygen atoms in total. The average Bonchev–Trinajstić information content (AvgIpc) is 3.03. The van der Waals surface area contributed by atoms with Gasteiger partial charge in [0.15, 0.2) is 0 Å². The van der Waals surface area contributed by atoms with Gasteiger partial charge in [-0.1, -0.05) is 6.92 Å². The minimum absolute atomic E-state index is 0.394. The molecule has 0 spiro atoms. The van der Waals surface area contributed by atoms with E-state index in [-0.39, 0.29) is 0 Å². The second-order valence-electron chi connectivity index (χ2n) is 11.7. The first-order chi connectivity index (χ1) is 13.9. The molecule has 5 rings (SSSR count). The van der Waals surface area contributed by atoms with Crippen LogP contribution in [-0.2, 0) is 6.42 Å². The van der Waals surface area contributed by atoms with Gasteiger partial charge >= 0.3 is 0 Å². The molecule has 4 saturated carbocycles. The van der Waals surface area contributed by atoms with Crippen LogP contribution in [0.1, 0.15) is 89.4 Å². The molecule has 8 atom stereocenters. The maximum absolute atomic E-state index is 10.6. The van der Waals surface area contributed by atoms with Crippen LogP contribution in [0.2, 0.25) is 0 Å². The van der Waals surface area contributed by atoms with Crippen molar-refractivity contribution < 1.29 is 5.11 Å². The summed E-state index contributed by atoms with van der Waals surface area (Å²) >= 11 is 0. The summed E-state index contributed by atoms with van der Waals surface area (Å²) < 4.78 is 0. The van der Waals surface area contributed by atoms with E-state index in [0.717, 1.165) is 60.5 Å². The van der Waals surface area contributed by atoms with E-state index in [1.165, 1.54) is 57.1 Å². The van der Waals surface area contributed by atoms with Crippen LogP contribution >= 0.6 is 0 Å². The zero-order valence-electron chi connectivity index (χ0n) is 18.7. The molecular formula is C26H40N2O. The van der Waals surface area contributed by atoms with Crippen LogP contribution in [-0.4, -0.2) is 20.7 Å². The van der Waals surface area contributed by atoms with Gasteiger partial charge in [0.05, 0.1) is 17.0 Å². The molecule has 1 N–H and O–H groups in total. The monoisotopic (exact) mass is 396 g/mol. The molecular weight excluding hydrogens is 356 g/mol. The van der Waals surface area contributed by atoms with E-state index in [2.05, 4.69) is 23.8 Å². The smallest absolute Gasteiger partial charge is 0.0622 e. The van der Waals surface area contributed by atoms with Gasteiger partial charge < -0.3 is 5.11 Å². The first-order valence-corrected chi connectivity index (χ1v) is 12.4. The Bertz CT molecular complexity index is 729. The highest BCUT2D eigenvalue weighted by atomic mass is 16.3. The van der Waals surface area contributed by atoms with Crippen LogP contribution < -0.4 is 0 Å². The normalized spacial score (nSPS) is 46.6. The Morgan fingerprint density at radius 2 is 1.76 bits per heavy atom. The maximum Gasteiger partial charge on any atom is 0.0622 e. The van der Waals surface area contributed by atoms with Gasteiger partial charge in [0, 0.05) is 12.4 Å². The van der Waals surface area contributed by atoms with E-state index in [9.17, 15) is 5.11 Å². The van der Waals surface area contributed by atoms with Crippen molar-refractivity contribution in [2.45, 2.75) is 97.0 Å². The van der Waals surface area contributed by atoms with Crippen LogP contribution in [0.3, 0.4) is 0 Å². The van der Waals surface area contributed by atoms with Crippen molar-refractivity contribution in [3.05, 3.63) is 23.8 Å². The second kappa shape index (κ2) is 7.32. The third-order valence-corrected chi connectivity index (χ3v) is 10.0. The van der Waals surface area contributed by atoms with Gasteiger partial charge in [-0.15, -0.1) is 0 Å². The van der Waals surface area contributed by atoms with Gasteiger partial charge in [-0.2, -0.15) is 0 Å². The Labute approximate surface area is 177 Å². The minimum Gasteiger partial charge on any atom is -0.390 e. The third-order valence-electron chi connectivity index (χ3n) is 10.0. The Morgan fingerprint density at radius 1 is 0.931 bits per heavy atom. The summed E-state index contributed by atoms with van der Waals surface area (Å²) in [4.78, 5) is 9.05. The number of hydrogen-bond donors (Lipinski definition) is 1. The van der Waals surface area contributed by atoms with Crippen LogP contribution in [0.25, 0.3) is 0 Å². The number of rotatable bonds is 3. The molecule has 4 fully saturated rings. The van der Waals surface area contributed by atoms with Crippen LogP contribution in [0.5, 0.6) is 0 Å². The molecule has 1 aromatic rings. The van der Waals surface area contributed by atoms with Gasteiger partial charge in [0.2, 0.25) is 0 Å². The molecule has 1 heterocycles. The zero-order valence-corrected chi connectivity index (χ0v) is 18.7. The fourth-order valence-corrected chi connectivity index (χ4v) is 8.54. The number of hydrogen-bond acceptors (Lipinski definition) is 3. The highest BCUT2D eigenvalue weighted by molar-refractivity contribution is 5.08. The van der Waals surface area contributed by atoms with Crippen molar-refractivity contribution in [2.75, 3.05) is 0 Å². The van der Waals surface area contributed by atoms with Crippen molar-refractivity contribution in [3.8, 4) is 0 Å². The van der Waals surface area contributed by atoms with Crippen molar-refractivity contribution in [1.82, 2.24) is 9.97 Å². The van der Waals surface area contributed by atoms with Crippen LogP contribution in [0.15, 0.2) is 12.4 Å². The molecule has 1 aromatic heterocycles. The summed E-state index contributed by atoms with van der Waals surface area (Å²) in [6, 6.07) is 0. The Morgan fingerprint density at radius 3 is 2.55 bits per heavy atom. The number of aliphatic hydroxyl groups is 1. The predicted octanol–water partition coefficient (Wildman–Crippen LogP) is 5.74. The van der Waals surface area contributed by atoms with E-state index in [0.29, 0.717) is 5.41 Å². The number of nitrogens with zero attached hydrogens (tertiary/aromatic N) is 2. The fraction of sp³-hybridized carbons (Fsp3) is 0.846. The average molecular weight is 397 g/mol. The highest BCUT2D eigenvalue weighted by Gasteiger charge is 2.57. The lowest BCUT2D eigenvalue weighted by atomic mass is 9.49. The molecule has 0 radical (unpaired) electrons. The molecule has 4 aliphatic carbocycles. The Kier molecular flexibility index (Phi) is 5.04. The highest BCUT2D eigenvalue weighted by Crippen LogP contribution is 2.65. The number of fused-ring (bicyclic) bond motifs is 5. The standard InChI is InChI=1S/C26H40N2O/c1-17-15-28-20(16-27-17)7-5-19-6-9-24-23-8-4-18-14-25(2,29)12-10-21(18)22(23)11-13-26(19,24)3/h15-16,18-19,21-24,29H,4-14H2,1-3H3/t18-,19+,21+,22-,23-,24+,25-,26-/m1/s1. The second-order valence-corrected chi connectivity index (χ2v) is 11.7. The van der Waals surface area contributed by atoms with E-state index < -0.39 is 5.60 Å². The zero-order chi connectivity index (χ0) is 20.2. The van der Waals surface area contributed by atoms with Crippen molar-refractivity contribution in [1.29, 1.82) is 0 Å². The van der Waals surface area contributed by atoms with E-state index in [1.54, 1.807) is 0 Å². The molecule has 3 heteroatoms. The van der Waals surface area contributed by atoms with E-state index in [1.807, 2.05) is 19.3 Å². The topological polar surface area (TPSA) is 46.0 Å². The lowest BCUT2D eigenvalue weighted by Crippen LogP contribution is -2.50. The molecule has 0 bridgehead atoms. The van der Waals surface area contributed by atoms with Crippen molar-refractivity contribution in [3.63, 3.8) is 0 Å². The molecule has 0 unspecified atom stereocenters. The molecule has 160 valence electrons. The predicted molar refractivity (Wildman–Crippen MR) is 116 cm³/mol. The summed E-state index contributed by atoms with van der Waals surface area (Å²) in [6.07, 6.45) is 18.2. The molecule has 29 heavy (non-hydrogen) atoms. The Hall–Kier alpha value is -0.960. The number of aromatic nitrogens is 2. The summed E-state index contributed by atoms with van der Waals surface area (Å²) in [7, 11) is 0. The lowest BCUT2D eigenvalue weighted by molar-refractivity contribution is -0.0999. The Balaban J connectivity index is 1.26. The minimum atomic E-state index is -0.394. The van der Waals surface area contributed by atoms with Gasteiger partial charge in [-0.25, -0.2) is 0 Å². The largest absolute Gasteiger partial charge is 0.390 e.